The van der Waals surface area contributed by atoms with Crippen LogP contribution in [0, 0.1) is 20.2 Å². The first-order valence-electron chi connectivity index (χ1n) is 12.7. The number of benzene rings is 2. The standard InChI is InChI=1S/C26H30N4O12/c27-24(17-26(33)42-22-9-5-20(6-10-22)12-15-40-30(36)37)28-13-1-2-23(38-18-31)16-25(32)41-21-7-3-19(4-8-21)11-14-39-29(34)35/h3-10,18,23H,1-2,11-17H2,(H2,27,28). The fraction of sp³-hybridized carbons (Fsp3) is 0.385. The molecule has 0 amide bonds. The van der Waals surface area contributed by atoms with Crippen molar-refractivity contribution >= 4 is 24.2 Å². The highest BCUT2D eigenvalue weighted by atomic mass is 17.0. The first-order chi connectivity index (χ1) is 20.1. The maximum Gasteiger partial charge on any atom is 0.318 e. The molecule has 2 rings (SSSR count). The molecule has 1 atom stereocenters. The summed E-state index contributed by atoms with van der Waals surface area (Å²) < 4.78 is 15.4. The van der Waals surface area contributed by atoms with Crippen molar-refractivity contribution in [1.82, 2.24) is 0 Å². The van der Waals surface area contributed by atoms with Crippen LogP contribution in [0.5, 0.6) is 11.5 Å². The minimum absolute atomic E-state index is 0.0363. The summed E-state index contributed by atoms with van der Waals surface area (Å²) in [6.45, 7) is 0.254. The van der Waals surface area contributed by atoms with Gasteiger partial charge in [0.15, 0.2) is 0 Å². The Bertz CT molecular complexity index is 1220. The van der Waals surface area contributed by atoms with Crippen LogP contribution < -0.4 is 15.2 Å². The molecule has 16 heteroatoms. The van der Waals surface area contributed by atoms with Crippen LogP contribution in [-0.4, -0.2) is 60.3 Å². The van der Waals surface area contributed by atoms with Gasteiger partial charge >= 0.3 is 11.9 Å². The Morgan fingerprint density at radius 2 is 1.36 bits per heavy atom. The number of carbonyl (C=O) groups is 3. The first kappa shape index (κ1) is 32.9. The lowest BCUT2D eigenvalue weighted by molar-refractivity contribution is -0.757. The highest BCUT2D eigenvalue weighted by Gasteiger charge is 2.17. The molecule has 2 aromatic carbocycles. The molecule has 0 saturated carbocycles. The van der Waals surface area contributed by atoms with Gasteiger partial charge in [-0.1, -0.05) is 24.3 Å². The number of hydrogen-bond acceptors (Lipinski definition) is 13. The molecule has 16 nitrogen and oxygen atoms in total. The number of rotatable bonds is 20. The summed E-state index contributed by atoms with van der Waals surface area (Å²) in [6.07, 6.45) is 0.0671. The van der Waals surface area contributed by atoms with E-state index in [0.717, 1.165) is 11.1 Å². The van der Waals surface area contributed by atoms with Crippen LogP contribution >= 0.6 is 0 Å². The molecule has 0 aliphatic carbocycles. The van der Waals surface area contributed by atoms with Crippen molar-refractivity contribution in [3.8, 4) is 11.5 Å². The SMILES string of the molecule is NC(CC(=O)Oc1ccc(CCO[N+](=O)[O-])cc1)=NCCCC(CC(=O)Oc1ccc(CCO[N+](=O)[O-])cc1)OC=O. The van der Waals surface area contributed by atoms with E-state index in [9.17, 15) is 34.6 Å². The first-order valence-corrected chi connectivity index (χ1v) is 12.7. The van der Waals surface area contributed by atoms with Crippen LogP contribution in [0.2, 0.25) is 0 Å². The lowest BCUT2D eigenvalue weighted by Gasteiger charge is -2.14. The fourth-order valence-corrected chi connectivity index (χ4v) is 3.49. The predicted octanol–water partition coefficient (Wildman–Crippen LogP) is 2.16. The van der Waals surface area contributed by atoms with E-state index in [0.29, 0.717) is 19.3 Å². The molecule has 0 aromatic heterocycles. The number of amidine groups is 1. The van der Waals surface area contributed by atoms with Gasteiger partial charge in [-0.05, 0) is 61.1 Å². The molecule has 0 aliphatic rings. The van der Waals surface area contributed by atoms with Crippen molar-refractivity contribution < 1.29 is 48.4 Å². The molecule has 2 N–H and O–H groups in total. The molecule has 0 fully saturated rings. The monoisotopic (exact) mass is 590 g/mol. The number of hydrogen-bond donors (Lipinski definition) is 1. The minimum Gasteiger partial charge on any atom is -0.464 e. The summed E-state index contributed by atoms with van der Waals surface area (Å²) in [6, 6.07) is 12.7. The lowest BCUT2D eigenvalue weighted by Crippen LogP contribution is -2.22. The van der Waals surface area contributed by atoms with Crippen molar-refractivity contribution in [3.63, 3.8) is 0 Å². The predicted molar refractivity (Wildman–Crippen MR) is 143 cm³/mol. The van der Waals surface area contributed by atoms with Crippen molar-refractivity contribution in [2.24, 2.45) is 10.7 Å². The molecule has 0 spiro atoms. The van der Waals surface area contributed by atoms with Crippen LogP contribution in [0.3, 0.4) is 0 Å². The van der Waals surface area contributed by atoms with Gasteiger partial charge in [-0.2, -0.15) is 0 Å². The second-order valence-corrected chi connectivity index (χ2v) is 8.60. The average Bonchev–Trinajstić information content (AvgIpc) is 2.92. The summed E-state index contributed by atoms with van der Waals surface area (Å²) in [4.78, 5) is 68.3. The number of aliphatic imine (C=N–C) groups is 1. The van der Waals surface area contributed by atoms with Crippen molar-refractivity contribution in [1.29, 1.82) is 0 Å². The van der Waals surface area contributed by atoms with E-state index in [2.05, 4.69) is 14.7 Å². The lowest BCUT2D eigenvalue weighted by atomic mass is 10.1. The second-order valence-electron chi connectivity index (χ2n) is 8.60. The zero-order valence-corrected chi connectivity index (χ0v) is 22.5. The number of carbonyl (C=O) groups excluding carboxylic acids is 3. The van der Waals surface area contributed by atoms with E-state index < -0.39 is 28.2 Å². The van der Waals surface area contributed by atoms with E-state index in [1.54, 1.807) is 24.3 Å². The second kappa shape index (κ2) is 18.1. The number of nitrogens with two attached hydrogens (primary N) is 1. The molecule has 0 radical (unpaired) electrons. The van der Waals surface area contributed by atoms with Gasteiger partial charge in [-0.15, -0.1) is 20.2 Å². The molecule has 0 heterocycles. The van der Waals surface area contributed by atoms with Gasteiger partial charge in [-0.3, -0.25) is 19.4 Å². The molecule has 0 saturated heterocycles. The van der Waals surface area contributed by atoms with Crippen molar-refractivity contribution in [2.75, 3.05) is 19.8 Å². The third-order valence-electron chi connectivity index (χ3n) is 5.45. The van der Waals surface area contributed by atoms with Crippen LogP contribution in [0.1, 0.15) is 36.8 Å². The molecule has 1 unspecified atom stereocenters. The average molecular weight is 591 g/mol. The van der Waals surface area contributed by atoms with Gasteiger partial charge in [0.05, 0.1) is 6.42 Å². The van der Waals surface area contributed by atoms with Crippen molar-refractivity contribution in [3.05, 3.63) is 79.9 Å². The molecular weight excluding hydrogens is 560 g/mol. The Kier molecular flexibility index (Phi) is 14.2. The van der Waals surface area contributed by atoms with E-state index >= 15 is 0 Å². The topological polar surface area (TPSA) is 222 Å². The largest absolute Gasteiger partial charge is 0.464 e. The minimum atomic E-state index is -0.875. The molecule has 0 aliphatic heterocycles. The van der Waals surface area contributed by atoms with E-state index in [1.165, 1.54) is 24.3 Å². The summed E-state index contributed by atoms with van der Waals surface area (Å²) in [5, 5.41) is 18.6. The van der Waals surface area contributed by atoms with E-state index in [1.807, 2.05) is 0 Å². The number of esters is 2. The van der Waals surface area contributed by atoms with Gasteiger partial charge in [-0.25, -0.2) is 0 Å². The maximum absolute atomic E-state index is 12.3. The van der Waals surface area contributed by atoms with E-state index in [-0.39, 0.29) is 62.8 Å². The Morgan fingerprint density at radius 1 is 0.857 bits per heavy atom. The molecule has 2 aromatic rings. The summed E-state index contributed by atoms with van der Waals surface area (Å²) in [5.41, 5.74) is 7.32. The van der Waals surface area contributed by atoms with Crippen LogP contribution in [0.15, 0.2) is 53.5 Å². The number of ether oxygens (including phenoxy) is 3. The molecule has 226 valence electrons. The van der Waals surface area contributed by atoms with Crippen LogP contribution in [0.25, 0.3) is 0 Å². The van der Waals surface area contributed by atoms with Crippen LogP contribution in [-0.2, 0) is 41.6 Å². The maximum atomic E-state index is 12.3. The zero-order valence-electron chi connectivity index (χ0n) is 22.5. The Balaban J connectivity index is 1.71. The number of nitrogens with zero attached hydrogens (tertiary/aromatic N) is 3. The Labute approximate surface area is 239 Å². The fourth-order valence-electron chi connectivity index (χ4n) is 3.49. The Hall–Kier alpha value is -5.28. The van der Waals surface area contributed by atoms with Crippen LogP contribution in [0.4, 0.5) is 0 Å². The van der Waals surface area contributed by atoms with Gasteiger partial charge in [0.1, 0.15) is 43.1 Å². The van der Waals surface area contributed by atoms with Gasteiger partial charge in [0, 0.05) is 6.54 Å². The third-order valence-corrected chi connectivity index (χ3v) is 5.45. The van der Waals surface area contributed by atoms with E-state index in [4.69, 9.17) is 19.9 Å². The third kappa shape index (κ3) is 14.2. The molecule has 42 heavy (non-hydrogen) atoms. The van der Waals surface area contributed by atoms with Gasteiger partial charge in [0.2, 0.25) is 0 Å². The molecular formula is C26H30N4O12. The highest BCUT2D eigenvalue weighted by Crippen LogP contribution is 2.16. The Morgan fingerprint density at radius 3 is 1.83 bits per heavy atom. The quantitative estimate of drug-likeness (QED) is 0.0341. The zero-order chi connectivity index (χ0) is 30.7. The summed E-state index contributed by atoms with van der Waals surface area (Å²) in [5.74, 6) is -0.704. The highest BCUT2D eigenvalue weighted by molar-refractivity contribution is 5.97. The van der Waals surface area contributed by atoms with Gasteiger partial charge in [0.25, 0.3) is 16.6 Å². The van der Waals surface area contributed by atoms with Gasteiger partial charge < -0.3 is 29.6 Å². The normalized spacial score (nSPS) is 11.6. The smallest absolute Gasteiger partial charge is 0.318 e. The molecule has 0 bridgehead atoms. The van der Waals surface area contributed by atoms with Crippen molar-refractivity contribution in [2.45, 2.75) is 44.6 Å². The summed E-state index contributed by atoms with van der Waals surface area (Å²) in [7, 11) is 0. The summed E-state index contributed by atoms with van der Waals surface area (Å²) >= 11 is 0.